The molecule has 1 aliphatic rings. The van der Waals surface area contributed by atoms with E-state index in [2.05, 4.69) is 15.7 Å². The Morgan fingerprint density at radius 3 is 2.53 bits per heavy atom. The Labute approximate surface area is 185 Å². The van der Waals surface area contributed by atoms with Crippen molar-refractivity contribution in [3.63, 3.8) is 0 Å². The van der Waals surface area contributed by atoms with Crippen LogP contribution < -0.4 is 15.4 Å². The summed E-state index contributed by atoms with van der Waals surface area (Å²) in [7, 11) is 1.55. The summed E-state index contributed by atoms with van der Waals surface area (Å²) < 4.78 is 7.20. The molecule has 6 nitrogen and oxygen atoms in total. The highest BCUT2D eigenvalue weighted by atomic mass is 35.5. The van der Waals surface area contributed by atoms with Gasteiger partial charge < -0.3 is 15.4 Å². The Balaban J connectivity index is 1.73. The summed E-state index contributed by atoms with van der Waals surface area (Å²) in [5, 5.41) is 12.0. The van der Waals surface area contributed by atoms with E-state index in [1.54, 1.807) is 31.5 Å². The van der Waals surface area contributed by atoms with E-state index >= 15 is 0 Å². The molecule has 0 atom stereocenters. The van der Waals surface area contributed by atoms with Gasteiger partial charge in [0.2, 0.25) is 0 Å². The largest absolute Gasteiger partial charge is 0.495 e. The molecule has 0 unspecified atom stereocenters. The first-order valence-corrected chi connectivity index (χ1v) is 10.5. The van der Waals surface area contributed by atoms with Crippen molar-refractivity contribution in [1.29, 1.82) is 0 Å². The molecule has 0 aliphatic carbocycles. The molecule has 2 N–H and O–H groups in total. The van der Waals surface area contributed by atoms with Gasteiger partial charge in [-0.2, -0.15) is 5.10 Å². The molecule has 1 aromatic heterocycles. The van der Waals surface area contributed by atoms with Crippen LogP contribution >= 0.6 is 23.2 Å². The van der Waals surface area contributed by atoms with Gasteiger partial charge in [-0.1, -0.05) is 23.2 Å². The standard InChI is InChI=1S/C22H22Cl2N4O2/c1-30-20-7-4-16(24)12-19(20)27-22(29)18-13-26-28(17-5-2-15(23)3-6-17)21(18)14-8-10-25-11-9-14/h2-7,12-14,25H,8-11H2,1H3,(H,27,29). The fourth-order valence-corrected chi connectivity index (χ4v) is 4.07. The van der Waals surface area contributed by atoms with Crippen LogP contribution in [0, 0.1) is 0 Å². The number of rotatable bonds is 5. The summed E-state index contributed by atoms with van der Waals surface area (Å²) in [4.78, 5) is 13.3. The zero-order valence-corrected chi connectivity index (χ0v) is 18.0. The van der Waals surface area contributed by atoms with Gasteiger partial charge in [0.1, 0.15) is 5.75 Å². The Hall–Kier alpha value is -2.54. The van der Waals surface area contributed by atoms with Crippen molar-refractivity contribution in [1.82, 2.24) is 15.1 Å². The van der Waals surface area contributed by atoms with Crippen LogP contribution in [0.1, 0.15) is 34.8 Å². The minimum Gasteiger partial charge on any atom is -0.495 e. The summed E-state index contributed by atoms with van der Waals surface area (Å²) in [6.07, 6.45) is 3.48. The number of anilines is 1. The number of hydrogen-bond donors (Lipinski definition) is 2. The molecule has 0 radical (unpaired) electrons. The van der Waals surface area contributed by atoms with E-state index in [0.29, 0.717) is 27.0 Å². The summed E-state index contributed by atoms with van der Waals surface area (Å²) in [6, 6.07) is 12.6. The third-order valence-corrected chi connectivity index (χ3v) is 5.74. The molecule has 2 heterocycles. The minimum atomic E-state index is -0.246. The quantitative estimate of drug-likeness (QED) is 0.586. The van der Waals surface area contributed by atoms with Crippen molar-refractivity contribution < 1.29 is 9.53 Å². The third kappa shape index (κ3) is 4.31. The van der Waals surface area contributed by atoms with Gasteiger partial charge in [-0.3, -0.25) is 4.79 Å². The number of aromatic nitrogens is 2. The van der Waals surface area contributed by atoms with E-state index in [9.17, 15) is 4.79 Å². The number of nitrogens with zero attached hydrogens (tertiary/aromatic N) is 2. The highest BCUT2D eigenvalue weighted by Gasteiger charge is 2.27. The fraction of sp³-hybridized carbons (Fsp3) is 0.273. The zero-order valence-electron chi connectivity index (χ0n) is 16.5. The third-order valence-electron chi connectivity index (χ3n) is 5.26. The van der Waals surface area contributed by atoms with Crippen LogP contribution in [0.4, 0.5) is 5.69 Å². The lowest BCUT2D eigenvalue weighted by molar-refractivity contribution is 0.102. The maximum Gasteiger partial charge on any atom is 0.259 e. The molecular weight excluding hydrogens is 423 g/mol. The number of nitrogens with one attached hydrogen (secondary N) is 2. The van der Waals surface area contributed by atoms with Crippen LogP contribution in [0.15, 0.2) is 48.7 Å². The van der Waals surface area contributed by atoms with Gasteiger partial charge in [0, 0.05) is 16.0 Å². The number of carbonyl (C=O) groups excluding carboxylic acids is 1. The fourth-order valence-electron chi connectivity index (χ4n) is 3.78. The number of halogens is 2. The van der Waals surface area contributed by atoms with Crippen LogP contribution in [0.3, 0.4) is 0 Å². The summed E-state index contributed by atoms with van der Waals surface area (Å²) in [6.45, 7) is 1.80. The predicted molar refractivity (Wildman–Crippen MR) is 119 cm³/mol. The second kappa shape index (κ2) is 9.08. The predicted octanol–water partition coefficient (Wildman–Crippen LogP) is 4.91. The molecule has 4 rings (SSSR count). The lowest BCUT2D eigenvalue weighted by Gasteiger charge is -2.24. The summed E-state index contributed by atoms with van der Waals surface area (Å²) in [5.41, 5.74) is 2.83. The lowest BCUT2D eigenvalue weighted by Crippen LogP contribution is -2.29. The number of ether oxygens (including phenoxy) is 1. The van der Waals surface area contributed by atoms with Gasteiger partial charge in [-0.15, -0.1) is 0 Å². The van der Waals surface area contributed by atoms with Crippen LogP contribution in [-0.2, 0) is 0 Å². The average Bonchev–Trinajstić information content (AvgIpc) is 3.20. The zero-order chi connectivity index (χ0) is 21.1. The molecule has 1 aliphatic heterocycles. The van der Waals surface area contributed by atoms with Gasteiger partial charge >= 0.3 is 0 Å². The molecular formula is C22H22Cl2N4O2. The van der Waals surface area contributed by atoms with Gasteiger partial charge in [-0.25, -0.2) is 4.68 Å². The van der Waals surface area contributed by atoms with E-state index < -0.39 is 0 Å². The van der Waals surface area contributed by atoms with Gasteiger partial charge in [-0.05, 0) is 68.4 Å². The van der Waals surface area contributed by atoms with Gasteiger partial charge in [0.15, 0.2) is 0 Å². The van der Waals surface area contributed by atoms with Crippen molar-refractivity contribution in [2.45, 2.75) is 18.8 Å². The molecule has 30 heavy (non-hydrogen) atoms. The molecule has 0 bridgehead atoms. The number of amides is 1. The summed E-state index contributed by atoms with van der Waals surface area (Å²) in [5.74, 6) is 0.511. The van der Waals surface area contributed by atoms with E-state index in [4.69, 9.17) is 27.9 Å². The number of benzene rings is 2. The van der Waals surface area contributed by atoms with Crippen molar-refractivity contribution in [2.75, 3.05) is 25.5 Å². The van der Waals surface area contributed by atoms with Crippen LogP contribution in [-0.4, -0.2) is 35.9 Å². The maximum atomic E-state index is 13.3. The highest BCUT2D eigenvalue weighted by Crippen LogP contribution is 2.32. The topological polar surface area (TPSA) is 68.2 Å². The molecule has 3 aromatic rings. The van der Waals surface area contributed by atoms with E-state index in [0.717, 1.165) is 37.3 Å². The Bertz CT molecular complexity index is 1040. The second-order valence-electron chi connectivity index (χ2n) is 7.15. The van der Waals surface area contributed by atoms with Crippen LogP contribution in [0.25, 0.3) is 5.69 Å². The molecule has 156 valence electrons. The molecule has 1 fully saturated rings. The van der Waals surface area contributed by atoms with E-state index in [-0.39, 0.29) is 11.8 Å². The molecule has 1 saturated heterocycles. The van der Waals surface area contributed by atoms with Crippen molar-refractivity contribution >= 4 is 34.8 Å². The first-order valence-electron chi connectivity index (χ1n) is 9.76. The van der Waals surface area contributed by atoms with Crippen LogP contribution in [0.5, 0.6) is 5.75 Å². The number of piperidine rings is 1. The SMILES string of the molecule is COc1ccc(Cl)cc1NC(=O)c1cnn(-c2ccc(Cl)cc2)c1C1CCNCC1. The molecule has 8 heteroatoms. The van der Waals surface area contributed by atoms with Crippen molar-refractivity contribution in [3.8, 4) is 11.4 Å². The monoisotopic (exact) mass is 444 g/mol. The first-order chi connectivity index (χ1) is 14.6. The Morgan fingerprint density at radius 1 is 1.13 bits per heavy atom. The smallest absolute Gasteiger partial charge is 0.259 e. The molecule has 1 amide bonds. The first kappa shape index (κ1) is 20.7. The second-order valence-corrected chi connectivity index (χ2v) is 8.03. The number of carbonyl (C=O) groups is 1. The molecule has 2 aromatic carbocycles. The van der Waals surface area contributed by atoms with Crippen molar-refractivity contribution in [3.05, 3.63) is 70.0 Å². The molecule has 0 saturated carbocycles. The minimum absolute atomic E-state index is 0.214. The maximum absolute atomic E-state index is 13.3. The number of hydrogen-bond acceptors (Lipinski definition) is 4. The van der Waals surface area contributed by atoms with Gasteiger partial charge in [0.25, 0.3) is 5.91 Å². The highest BCUT2D eigenvalue weighted by molar-refractivity contribution is 6.31. The Kier molecular flexibility index (Phi) is 6.27. The number of methoxy groups -OCH3 is 1. The Morgan fingerprint density at radius 2 is 1.83 bits per heavy atom. The normalized spacial score (nSPS) is 14.5. The summed E-state index contributed by atoms with van der Waals surface area (Å²) >= 11 is 12.2. The van der Waals surface area contributed by atoms with E-state index in [1.807, 2.05) is 28.9 Å². The molecule has 0 spiro atoms. The van der Waals surface area contributed by atoms with Gasteiger partial charge in [0.05, 0.1) is 35.9 Å². The average molecular weight is 445 g/mol. The van der Waals surface area contributed by atoms with Crippen molar-refractivity contribution in [2.24, 2.45) is 0 Å². The van der Waals surface area contributed by atoms with Crippen LogP contribution in [0.2, 0.25) is 10.0 Å². The lowest BCUT2D eigenvalue weighted by atomic mass is 9.91. The van der Waals surface area contributed by atoms with E-state index in [1.165, 1.54) is 0 Å².